The van der Waals surface area contributed by atoms with Gasteiger partial charge in [-0.3, -0.25) is 0 Å². The molecule has 0 fully saturated rings. The predicted molar refractivity (Wildman–Crippen MR) is 40.5 cm³/mol. The van der Waals surface area contributed by atoms with Crippen molar-refractivity contribution in [1.29, 1.82) is 0 Å². The smallest absolute Gasteiger partial charge is 0.292 e. The molecule has 0 saturated heterocycles. The van der Waals surface area contributed by atoms with E-state index in [-0.39, 0.29) is 0 Å². The number of methoxy groups -OCH3 is 1. The molecule has 4 heteroatoms. The monoisotopic (exact) mass is 158 g/mol. The quantitative estimate of drug-likeness (QED) is 0.668. The van der Waals surface area contributed by atoms with Crippen molar-refractivity contribution >= 4 is 11.5 Å². The highest BCUT2D eigenvalue weighted by atomic mass is 32.1. The van der Waals surface area contributed by atoms with Crippen LogP contribution in [-0.4, -0.2) is 16.5 Å². The molecule has 0 aromatic carbocycles. The van der Waals surface area contributed by atoms with Gasteiger partial charge < -0.3 is 4.74 Å². The molecule has 0 amide bonds. The lowest BCUT2D eigenvalue weighted by molar-refractivity contribution is 0.410. The Morgan fingerprint density at radius 1 is 1.60 bits per heavy atom. The maximum absolute atomic E-state index is 4.89. The molecule has 0 aliphatic heterocycles. The van der Waals surface area contributed by atoms with E-state index in [9.17, 15) is 0 Å². The van der Waals surface area contributed by atoms with Gasteiger partial charge in [-0.2, -0.15) is 9.36 Å². The lowest BCUT2D eigenvalue weighted by atomic mass is 10.3. The Bertz CT molecular complexity index is 199. The summed E-state index contributed by atoms with van der Waals surface area (Å²) in [6.07, 6.45) is 2.03. The summed E-state index contributed by atoms with van der Waals surface area (Å²) in [4.78, 5) is 4.10. The van der Waals surface area contributed by atoms with Crippen molar-refractivity contribution < 1.29 is 4.74 Å². The van der Waals surface area contributed by atoms with E-state index in [2.05, 4.69) is 16.3 Å². The maximum atomic E-state index is 4.89. The van der Waals surface area contributed by atoms with Crippen molar-refractivity contribution in [3.05, 3.63) is 5.82 Å². The lowest BCUT2D eigenvalue weighted by Gasteiger charge is -1.86. The van der Waals surface area contributed by atoms with Gasteiger partial charge >= 0.3 is 0 Å². The molecule has 0 unspecified atom stereocenters. The van der Waals surface area contributed by atoms with Crippen LogP contribution in [0.25, 0.3) is 0 Å². The molecule has 1 rings (SSSR count). The molecule has 1 aromatic heterocycles. The highest BCUT2D eigenvalue weighted by Crippen LogP contribution is 2.13. The van der Waals surface area contributed by atoms with Gasteiger partial charge in [-0.15, -0.1) is 0 Å². The van der Waals surface area contributed by atoms with Crippen LogP contribution in [0, 0.1) is 0 Å². The Morgan fingerprint density at radius 2 is 2.40 bits per heavy atom. The number of aryl methyl sites for hydroxylation is 1. The summed E-state index contributed by atoms with van der Waals surface area (Å²) in [5.41, 5.74) is 0. The minimum atomic E-state index is 0.656. The second kappa shape index (κ2) is 3.51. The molecule has 0 atom stereocenters. The molecule has 0 aliphatic carbocycles. The minimum absolute atomic E-state index is 0.656. The van der Waals surface area contributed by atoms with Crippen LogP contribution in [0.5, 0.6) is 5.19 Å². The molecule has 1 aromatic rings. The fraction of sp³-hybridized carbons (Fsp3) is 0.667. The Balaban J connectivity index is 2.59. The summed E-state index contributed by atoms with van der Waals surface area (Å²) >= 11 is 1.31. The van der Waals surface area contributed by atoms with E-state index in [4.69, 9.17) is 4.74 Å². The first-order chi connectivity index (χ1) is 4.86. The molecule has 0 saturated carbocycles. The van der Waals surface area contributed by atoms with E-state index >= 15 is 0 Å². The fourth-order valence-corrected chi connectivity index (χ4v) is 1.18. The van der Waals surface area contributed by atoms with Crippen LogP contribution in [0.1, 0.15) is 19.2 Å². The molecule has 0 bridgehead atoms. The molecule has 10 heavy (non-hydrogen) atoms. The molecule has 1 heterocycles. The van der Waals surface area contributed by atoms with Gasteiger partial charge in [0.2, 0.25) is 0 Å². The number of ether oxygens (including phenoxy) is 1. The number of aromatic nitrogens is 2. The van der Waals surface area contributed by atoms with Gasteiger partial charge in [-0.25, -0.2) is 0 Å². The van der Waals surface area contributed by atoms with Crippen LogP contribution in [0.2, 0.25) is 0 Å². The van der Waals surface area contributed by atoms with Crippen molar-refractivity contribution in [1.82, 2.24) is 9.36 Å². The van der Waals surface area contributed by atoms with Crippen molar-refractivity contribution in [2.75, 3.05) is 7.11 Å². The van der Waals surface area contributed by atoms with Crippen molar-refractivity contribution in [2.24, 2.45) is 0 Å². The summed E-state index contributed by atoms with van der Waals surface area (Å²) in [7, 11) is 1.61. The summed E-state index contributed by atoms with van der Waals surface area (Å²) in [5, 5.41) is 0.656. The lowest BCUT2D eigenvalue weighted by Crippen LogP contribution is -1.86. The van der Waals surface area contributed by atoms with Crippen molar-refractivity contribution in [3.8, 4) is 5.19 Å². The maximum Gasteiger partial charge on any atom is 0.292 e. The van der Waals surface area contributed by atoms with Gasteiger partial charge in [-0.05, 0) is 6.42 Å². The second-order valence-electron chi connectivity index (χ2n) is 1.93. The third-order valence-electron chi connectivity index (χ3n) is 1.10. The van der Waals surface area contributed by atoms with Crippen LogP contribution in [0.4, 0.5) is 0 Å². The van der Waals surface area contributed by atoms with Crippen molar-refractivity contribution in [2.45, 2.75) is 19.8 Å². The van der Waals surface area contributed by atoms with Crippen molar-refractivity contribution in [3.63, 3.8) is 0 Å². The number of hydrogen-bond acceptors (Lipinski definition) is 4. The van der Waals surface area contributed by atoms with E-state index in [1.54, 1.807) is 7.11 Å². The minimum Gasteiger partial charge on any atom is -0.472 e. The first kappa shape index (κ1) is 7.47. The van der Waals surface area contributed by atoms with Crippen LogP contribution >= 0.6 is 11.5 Å². The average molecular weight is 158 g/mol. The highest BCUT2D eigenvalue weighted by molar-refractivity contribution is 7.07. The number of hydrogen-bond donors (Lipinski definition) is 0. The SMILES string of the molecule is CCCc1nsc(OC)n1. The topological polar surface area (TPSA) is 35.0 Å². The molecule has 0 radical (unpaired) electrons. The van der Waals surface area contributed by atoms with Gasteiger partial charge in [0.15, 0.2) is 0 Å². The predicted octanol–water partition coefficient (Wildman–Crippen LogP) is 1.50. The molecule has 0 N–H and O–H groups in total. The number of rotatable bonds is 3. The first-order valence-electron chi connectivity index (χ1n) is 3.23. The van der Waals surface area contributed by atoms with E-state index in [1.807, 2.05) is 0 Å². The third-order valence-corrected chi connectivity index (χ3v) is 1.81. The Labute approximate surface area is 64.2 Å². The zero-order valence-electron chi connectivity index (χ0n) is 6.13. The molecule has 56 valence electrons. The Kier molecular flexibility index (Phi) is 2.62. The van der Waals surface area contributed by atoms with E-state index in [0.29, 0.717) is 5.19 Å². The van der Waals surface area contributed by atoms with Crippen LogP contribution in [-0.2, 0) is 6.42 Å². The van der Waals surface area contributed by atoms with E-state index < -0.39 is 0 Å². The molecule has 3 nitrogen and oxygen atoms in total. The number of nitrogens with zero attached hydrogens (tertiary/aromatic N) is 2. The molecular weight excluding hydrogens is 148 g/mol. The molecule has 0 spiro atoms. The van der Waals surface area contributed by atoms with Gasteiger partial charge in [0.25, 0.3) is 5.19 Å². The summed E-state index contributed by atoms with van der Waals surface area (Å²) in [6.45, 7) is 2.10. The fourth-order valence-electron chi connectivity index (χ4n) is 0.646. The summed E-state index contributed by atoms with van der Waals surface area (Å²) in [6, 6.07) is 0. The van der Waals surface area contributed by atoms with E-state index in [0.717, 1.165) is 18.7 Å². The normalized spacial score (nSPS) is 9.80. The zero-order valence-corrected chi connectivity index (χ0v) is 6.94. The summed E-state index contributed by atoms with van der Waals surface area (Å²) in [5.74, 6) is 0.893. The molecule has 0 aliphatic rings. The largest absolute Gasteiger partial charge is 0.472 e. The van der Waals surface area contributed by atoms with E-state index in [1.165, 1.54) is 11.5 Å². The molecular formula is C6H10N2OS. The van der Waals surface area contributed by atoms with Gasteiger partial charge in [0.05, 0.1) is 7.11 Å². The van der Waals surface area contributed by atoms with Gasteiger partial charge in [-0.1, -0.05) is 6.92 Å². The average Bonchev–Trinajstić information content (AvgIpc) is 2.37. The summed E-state index contributed by atoms with van der Waals surface area (Å²) < 4.78 is 8.97. The Morgan fingerprint density at radius 3 is 2.90 bits per heavy atom. The van der Waals surface area contributed by atoms with Crippen LogP contribution in [0.3, 0.4) is 0 Å². The van der Waals surface area contributed by atoms with Crippen LogP contribution < -0.4 is 4.74 Å². The first-order valence-corrected chi connectivity index (χ1v) is 4.00. The zero-order chi connectivity index (χ0) is 7.40. The third kappa shape index (κ3) is 1.67. The van der Waals surface area contributed by atoms with Gasteiger partial charge in [0.1, 0.15) is 5.82 Å². The highest BCUT2D eigenvalue weighted by Gasteiger charge is 2.00. The van der Waals surface area contributed by atoms with Crippen LogP contribution in [0.15, 0.2) is 0 Å². The Hall–Kier alpha value is -0.640. The standard InChI is InChI=1S/C6H10N2OS/c1-3-4-5-7-6(9-2)10-8-5/h3-4H2,1-2H3. The second-order valence-corrected chi connectivity index (χ2v) is 2.65. The van der Waals surface area contributed by atoms with Gasteiger partial charge in [0, 0.05) is 18.0 Å².